The van der Waals surface area contributed by atoms with Gasteiger partial charge in [0.2, 0.25) is 5.91 Å². The third-order valence-electron chi connectivity index (χ3n) is 6.09. The Morgan fingerprint density at radius 3 is 2.39 bits per heavy atom. The van der Waals surface area contributed by atoms with Crippen LogP contribution in [0.1, 0.15) is 12.0 Å². The Morgan fingerprint density at radius 1 is 1.16 bits per heavy atom. The number of hydrogen-bond donors (Lipinski definition) is 3. The number of nitrogens with zero attached hydrogens (tertiary/aromatic N) is 2. The highest BCUT2D eigenvalue weighted by atomic mass is 32.1. The molecule has 2 aliphatic rings. The van der Waals surface area contributed by atoms with Gasteiger partial charge in [0.1, 0.15) is 17.7 Å². The van der Waals surface area contributed by atoms with Crippen LogP contribution >= 0.6 is 12.2 Å². The highest BCUT2D eigenvalue weighted by molar-refractivity contribution is 7.80. The van der Waals surface area contributed by atoms with E-state index in [1.54, 1.807) is 36.3 Å². The summed E-state index contributed by atoms with van der Waals surface area (Å²) < 4.78 is 18.6. The van der Waals surface area contributed by atoms with Gasteiger partial charge in [-0.1, -0.05) is 12.1 Å². The molecule has 0 radical (unpaired) electrons. The number of anilines is 1. The predicted octanol–water partition coefficient (Wildman–Crippen LogP) is 1.41. The van der Waals surface area contributed by atoms with E-state index in [0.717, 1.165) is 11.3 Å². The first-order valence-corrected chi connectivity index (χ1v) is 10.4. The van der Waals surface area contributed by atoms with Gasteiger partial charge in [0.25, 0.3) is 0 Å². The number of hydrogen-bond acceptors (Lipinski definition) is 5. The summed E-state index contributed by atoms with van der Waals surface area (Å²) >= 11 is 5.78. The molecule has 2 aromatic rings. The molecular weight excluding hydrogens is 421 g/mol. The first-order chi connectivity index (χ1) is 14.8. The Kier molecular flexibility index (Phi) is 5.83. The summed E-state index contributed by atoms with van der Waals surface area (Å²) in [6.45, 7) is 0.280. The Labute approximate surface area is 184 Å². The van der Waals surface area contributed by atoms with Crippen molar-refractivity contribution in [2.24, 2.45) is 11.7 Å². The van der Waals surface area contributed by atoms with Crippen molar-refractivity contribution in [2.75, 3.05) is 12.0 Å². The second-order valence-electron chi connectivity index (χ2n) is 7.89. The molecule has 31 heavy (non-hydrogen) atoms. The standard InChI is InChI=1S/C22H24FN3O4S/c1-30-15-8-6-14(7-9-15)26-18-16(21(24)29)10-17(27)20(28)19(18)25(22(26)31)11-12-2-4-13(23)5-3-12/h2-9,16-20,27-28H,10-11H2,1H3,(H2,24,29). The van der Waals surface area contributed by atoms with Crippen molar-refractivity contribution in [1.29, 1.82) is 0 Å². The minimum Gasteiger partial charge on any atom is -0.497 e. The van der Waals surface area contributed by atoms with E-state index in [1.165, 1.54) is 12.1 Å². The van der Waals surface area contributed by atoms with Gasteiger partial charge in [-0.15, -0.1) is 0 Å². The lowest BCUT2D eigenvalue weighted by molar-refractivity contribution is -0.129. The fourth-order valence-electron chi connectivity index (χ4n) is 4.57. The van der Waals surface area contributed by atoms with Crippen LogP contribution in [-0.2, 0) is 11.3 Å². The summed E-state index contributed by atoms with van der Waals surface area (Å²) in [5.74, 6) is -0.973. The Balaban J connectivity index is 1.77. The summed E-state index contributed by atoms with van der Waals surface area (Å²) in [5.41, 5.74) is 7.19. The molecule has 0 spiro atoms. The van der Waals surface area contributed by atoms with Crippen LogP contribution in [0.25, 0.3) is 0 Å². The smallest absolute Gasteiger partial charge is 0.222 e. The second kappa shape index (κ2) is 8.41. The molecule has 7 nitrogen and oxygen atoms in total. The predicted molar refractivity (Wildman–Crippen MR) is 117 cm³/mol. The molecule has 0 aromatic heterocycles. The second-order valence-corrected chi connectivity index (χ2v) is 8.25. The van der Waals surface area contributed by atoms with Crippen molar-refractivity contribution in [2.45, 2.75) is 37.3 Å². The zero-order chi connectivity index (χ0) is 22.3. The number of fused-ring (bicyclic) bond motifs is 1. The number of aliphatic hydroxyl groups excluding tert-OH is 2. The van der Waals surface area contributed by atoms with Crippen molar-refractivity contribution in [3.8, 4) is 5.75 Å². The lowest BCUT2D eigenvalue weighted by Crippen LogP contribution is -2.60. The van der Waals surface area contributed by atoms with E-state index in [-0.39, 0.29) is 18.8 Å². The highest BCUT2D eigenvalue weighted by Gasteiger charge is 2.56. The maximum absolute atomic E-state index is 13.4. The molecule has 164 valence electrons. The van der Waals surface area contributed by atoms with Crippen LogP contribution in [-0.4, -0.2) is 57.5 Å². The number of rotatable bonds is 5. The van der Waals surface area contributed by atoms with Gasteiger partial charge in [-0.25, -0.2) is 4.39 Å². The number of ether oxygens (including phenoxy) is 1. The van der Waals surface area contributed by atoms with Gasteiger partial charge in [-0.2, -0.15) is 0 Å². The van der Waals surface area contributed by atoms with E-state index in [1.807, 2.05) is 17.0 Å². The van der Waals surface area contributed by atoms with E-state index < -0.39 is 36.1 Å². The number of benzene rings is 2. The molecule has 1 aliphatic carbocycles. The average Bonchev–Trinajstić information content (AvgIpc) is 3.04. The molecule has 1 amide bonds. The lowest BCUT2D eigenvalue weighted by atomic mass is 9.76. The van der Waals surface area contributed by atoms with Gasteiger partial charge in [0, 0.05) is 12.2 Å². The molecule has 1 heterocycles. The van der Waals surface area contributed by atoms with Gasteiger partial charge in [0.15, 0.2) is 5.11 Å². The molecule has 4 N–H and O–H groups in total. The molecule has 9 heteroatoms. The number of methoxy groups -OCH3 is 1. The summed E-state index contributed by atoms with van der Waals surface area (Å²) in [4.78, 5) is 15.9. The zero-order valence-electron chi connectivity index (χ0n) is 16.9. The highest BCUT2D eigenvalue weighted by Crippen LogP contribution is 2.41. The van der Waals surface area contributed by atoms with E-state index >= 15 is 0 Å². The average molecular weight is 446 g/mol. The van der Waals surface area contributed by atoms with Crippen LogP contribution in [0.3, 0.4) is 0 Å². The fraction of sp³-hybridized carbons (Fsp3) is 0.364. The van der Waals surface area contributed by atoms with Crippen LogP contribution in [0.5, 0.6) is 5.75 Å². The molecule has 5 unspecified atom stereocenters. The number of aliphatic hydroxyl groups is 2. The largest absolute Gasteiger partial charge is 0.497 e. The Hall–Kier alpha value is -2.75. The van der Waals surface area contributed by atoms with Gasteiger partial charge in [-0.3, -0.25) is 4.79 Å². The molecule has 1 saturated carbocycles. The van der Waals surface area contributed by atoms with Crippen molar-refractivity contribution < 1.29 is 24.1 Å². The number of nitrogens with two attached hydrogens (primary N) is 1. The maximum atomic E-state index is 13.4. The van der Waals surface area contributed by atoms with Crippen molar-refractivity contribution in [3.05, 3.63) is 59.9 Å². The minimum absolute atomic E-state index is 0.0390. The Morgan fingerprint density at radius 2 is 1.81 bits per heavy atom. The molecule has 4 rings (SSSR count). The van der Waals surface area contributed by atoms with Crippen LogP contribution < -0.4 is 15.4 Å². The first kappa shape index (κ1) is 21.5. The lowest BCUT2D eigenvalue weighted by Gasteiger charge is -2.42. The van der Waals surface area contributed by atoms with Crippen LogP contribution in [0, 0.1) is 11.7 Å². The SMILES string of the molecule is COc1ccc(N2C(=S)N(Cc3ccc(F)cc3)C3C(O)C(O)CC(C(N)=O)C32)cc1. The van der Waals surface area contributed by atoms with Crippen molar-refractivity contribution in [3.63, 3.8) is 0 Å². The number of carbonyl (C=O) groups excluding carboxylic acids is 1. The Bertz CT molecular complexity index is 972. The third-order valence-corrected chi connectivity index (χ3v) is 6.52. The number of halogens is 1. The molecule has 1 aliphatic heterocycles. The third kappa shape index (κ3) is 3.84. The van der Waals surface area contributed by atoms with Crippen LogP contribution in [0.15, 0.2) is 48.5 Å². The van der Waals surface area contributed by atoms with E-state index in [0.29, 0.717) is 10.9 Å². The van der Waals surface area contributed by atoms with Crippen molar-refractivity contribution >= 4 is 28.9 Å². The van der Waals surface area contributed by atoms with E-state index in [4.69, 9.17) is 22.7 Å². The minimum atomic E-state index is -1.14. The monoisotopic (exact) mass is 445 g/mol. The molecular formula is C22H24FN3O4S. The summed E-state index contributed by atoms with van der Waals surface area (Å²) in [6, 6.07) is 12.0. The van der Waals surface area contributed by atoms with E-state index in [9.17, 15) is 19.4 Å². The molecule has 2 fully saturated rings. The van der Waals surface area contributed by atoms with E-state index in [2.05, 4.69) is 0 Å². The number of amides is 1. The fourth-order valence-corrected chi connectivity index (χ4v) is 4.98. The number of primary amides is 1. The maximum Gasteiger partial charge on any atom is 0.222 e. The summed E-state index contributed by atoms with van der Waals surface area (Å²) in [5, 5.41) is 21.8. The molecule has 1 saturated heterocycles. The molecule has 0 bridgehead atoms. The van der Waals surface area contributed by atoms with Crippen LogP contribution in [0.4, 0.5) is 10.1 Å². The van der Waals surface area contributed by atoms with Gasteiger partial charge >= 0.3 is 0 Å². The van der Waals surface area contributed by atoms with Gasteiger partial charge in [0.05, 0.1) is 31.2 Å². The van der Waals surface area contributed by atoms with Crippen LogP contribution in [0.2, 0.25) is 0 Å². The normalized spacial score (nSPS) is 27.9. The van der Waals surface area contributed by atoms with Crippen molar-refractivity contribution in [1.82, 2.24) is 4.90 Å². The summed E-state index contributed by atoms with van der Waals surface area (Å²) in [7, 11) is 1.57. The molecule has 2 aromatic carbocycles. The quantitative estimate of drug-likeness (QED) is 0.599. The van der Waals surface area contributed by atoms with Gasteiger partial charge in [-0.05, 0) is 60.6 Å². The summed E-state index contributed by atoms with van der Waals surface area (Å²) in [6.07, 6.45) is -2.22. The number of carbonyl (C=O) groups is 1. The topological polar surface area (TPSA) is 99.3 Å². The first-order valence-electron chi connectivity index (χ1n) is 9.95. The molecule has 5 atom stereocenters. The van der Waals surface area contributed by atoms with Gasteiger partial charge < -0.3 is 30.5 Å². The zero-order valence-corrected chi connectivity index (χ0v) is 17.7. The number of thiocarbonyl (C=S) groups is 1.